The third-order valence-electron chi connectivity index (χ3n) is 1.69. The molecular weight excluding hydrogens is 209 g/mol. The van der Waals surface area contributed by atoms with E-state index in [9.17, 15) is 0 Å². The molecule has 2 rings (SSSR count). The molecule has 0 saturated carbocycles. The summed E-state index contributed by atoms with van der Waals surface area (Å²) >= 11 is 11.7. The predicted octanol–water partition coefficient (Wildman–Crippen LogP) is 2.52. The van der Waals surface area contributed by atoms with E-state index in [1.54, 1.807) is 12.1 Å². The van der Waals surface area contributed by atoms with Crippen molar-refractivity contribution in [3.8, 4) is 0 Å². The monoisotopic (exact) mass is 213 g/mol. The summed E-state index contributed by atoms with van der Waals surface area (Å²) in [5.74, 6) is 0.384. The van der Waals surface area contributed by atoms with Crippen LogP contribution in [0, 0.1) is 0 Å². The Kier molecular flexibility index (Phi) is 1.98. The average Bonchev–Trinajstić information content (AvgIpc) is 2.07. The van der Waals surface area contributed by atoms with Gasteiger partial charge in [-0.3, -0.25) is 0 Å². The minimum Gasteiger partial charge on any atom is -0.383 e. The van der Waals surface area contributed by atoms with E-state index in [4.69, 9.17) is 28.9 Å². The van der Waals surface area contributed by atoms with Crippen LogP contribution in [-0.2, 0) is 0 Å². The summed E-state index contributed by atoms with van der Waals surface area (Å²) < 4.78 is 0. The lowest BCUT2D eigenvalue weighted by molar-refractivity contribution is 1.23. The molecule has 13 heavy (non-hydrogen) atoms. The molecule has 0 aliphatic rings. The molecule has 0 radical (unpaired) electrons. The van der Waals surface area contributed by atoms with Gasteiger partial charge in [-0.2, -0.15) is 0 Å². The van der Waals surface area contributed by atoms with Crippen molar-refractivity contribution < 1.29 is 0 Å². The van der Waals surface area contributed by atoms with E-state index in [0.29, 0.717) is 26.8 Å². The van der Waals surface area contributed by atoms with Gasteiger partial charge in [0.15, 0.2) is 0 Å². The van der Waals surface area contributed by atoms with Crippen molar-refractivity contribution in [2.45, 2.75) is 0 Å². The summed E-state index contributed by atoms with van der Waals surface area (Å²) in [7, 11) is 0. The van der Waals surface area contributed by atoms with Crippen LogP contribution in [0.1, 0.15) is 0 Å². The molecular formula is C8H5Cl2N3. The predicted molar refractivity (Wildman–Crippen MR) is 54.0 cm³/mol. The lowest BCUT2D eigenvalue weighted by atomic mass is 10.2. The average molecular weight is 214 g/mol. The molecule has 5 heteroatoms. The van der Waals surface area contributed by atoms with Gasteiger partial charge >= 0.3 is 0 Å². The molecule has 0 aliphatic carbocycles. The van der Waals surface area contributed by atoms with Crippen molar-refractivity contribution in [1.82, 2.24) is 9.97 Å². The normalized spacial score (nSPS) is 10.6. The Morgan fingerprint density at radius 3 is 2.69 bits per heavy atom. The third-order valence-corrected chi connectivity index (χ3v) is 2.19. The molecule has 3 nitrogen and oxygen atoms in total. The summed E-state index contributed by atoms with van der Waals surface area (Å²) in [6, 6.07) is 3.32. The first-order chi connectivity index (χ1) is 6.18. The van der Waals surface area contributed by atoms with Crippen LogP contribution in [0.2, 0.25) is 10.0 Å². The fourth-order valence-electron chi connectivity index (χ4n) is 1.11. The lowest BCUT2D eigenvalue weighted by Crippen LogP contribution is -1.93. The van der Waals surface area contributed by atoms with Crippen molar-refractivity contribution in [3.63, 3.8) is 0 Å². The summed E-state index contributed by atoms with van der Waals surface area (Å²) in [5, 5.41) is 1.69. The van der Waals surface area contributed by atoms with Crippen LogP contribution in [0.4, 0.5) is 5.82 Å². The maximum Gasteiger partial charge on any atom is 0.134 e. The number of fused-ring (bicyclic) bond motifs is 1. The number of rotatable bonds is 0. The Labute approximate surface area is 84.5 Å². The van der Waals surface area contributed by atoms with Crippen molar-refractivity contribution >= 4 is 39.9 Å². The van der Waals surface area contributed by atoms with Crippen molar-refractivity contribution in [1.29, 1.82) is 0 Å². The molecule has 0 atom stereocenters. The maximum atomic E-state index is 5.90. The standard InChI is InChI=1S/C8H5Cl2N3/c9-4-1-5-7(6(10)2-4)12-3-13-8(5)11/h1-3H,(H2,11,12,13). The molecule has 2 aromatic rings. The molecule has 0 fully saturated rings. The van der Waals surface area contributed by atoms with E-state index in [1.165, 1.54) is 6.33 Å². The molecule has 1 aromatic carbocycles. The summed E-state index contributed by atoms with van der Waals surface area (Å²) in [4.78, 5) is 7.84. The van der Waals surface area contributed by atoms with Gasteiger partial charge in [0.1, 0.15) is 12.1 Å². The fraction of sp³-hybridized carbons (Fsp3) is 0. The zero-order chi connectivity index (χ0) is 9.42. The van der Waals surface area contributed by atoms with E-state index in [0.717, 1.165) is 0 Å². The number of nitrogens with two attached hydrogens (primary N) is 1. The largest absolute Gasteiger partial charge is 0.383 e. The molecule has 0 amide bonds. The topological polar surface area (TPSA) is 51.8 Å². The number of nitrogens with zero attached hydrogens (tertiary/aromatic N) is 2. The second kappa shape index (κ2) is 3.01. The van der Waals surface area contributed by atoms with Crippen LogP contribution in [0.5, 0.6) is 0 Å². The SMILES string of the molecule is Nc1ncnc2c(Cl)cc(Cl)cc12. The highest BCUT2D eigenvalue weighted by molar-refractivity contribution is 6.38. The summed E-state index contributed by atoms with van der Waals surface area (Å²) in [6.45, 7) is 0. The van der Waals surface area contributed by atoms with Crippen LogP contribution in [0.25, 0.3) is 10.9 Å². The fourth-order valence-corrected chi connectivity index (χ4v) is 1.65. The molecule has 1 heterocycles. The van der Waals surface area contributed by atoms with Gasteiger partial charge in [0.2, 0.25) is 0 Å². The molecule has 2 N–H and O–H groups in total. The Balaban J connectivity index is 2.94. The first kappa shape index (κ1) is 8.53. The van der Waals surface area contributed by atoms with Gasteiger partial charge in [-0.25, -0.2) is 9.97 Å². The third kappa shape index (κ3) is 1.41. The van der Waals surface area contributed by atoms with E-state index in [-0.39, 0.29) is 0 Å². The first-order valence-electron chi connectivity index (χ1n) is 3.53. The Morgan fingerprint density at radius 1 is 1.15 bits per heavy atom. The van der Waals surface area contributed by atoms with Gasteiger partial charge in [-0.15, -0.1) is 0 Å². The van der Waals surface area contributed by atoms with Crippen LogP contribution >= 0.6 is 23.2 Å². The summed E-state index contributed by atoms with van der Waals surface area (Å²) in [6.07, 6.45) is 1.37. The minimum atomic E-state index is 0.384. The highest BCUT2D eigenvalue weighted by atomic mass is 35.5. The quantitative estimate of drug-likeness (QED) is 0.732. The minimum absolute atomic E-state index is 0.384. The van der Waals surface area contributed by atoms with E-state index in [1.807, 2.05) is 0 Å². The number of hydrogen-bond donors (Lipinski definition) is 1. The second-order valence-electron chi connectivity index (χ2n) is 2.54. The molecule has 0 bridgehead atoms. The zero-order valence-corrected chi connectivity index (χ0v) is 7.97. The maximum absolute atomic E-state index is 5.90. The van der Waals surface area contributed by atoms with Crippen molar-refractivity contribution in [3.05, 3.63) is 28.5 Å². The molecule has 0 saturated heterocycles. The van der Waals surface area contributed by atoms with Gasteiger partial charge in [0.05, 0.1) is 10.5 Å². The number of halogens is 2. The smallest absolute Gasteiger partial charge is 0.134 e. The zero-order valence-electron chi connectivity index (χ0n) is 6.46. The van der Waals surface area contributed by atoms with E-state index < -0.39 is 0 Å². The van der Waals surface area contributed by atoms with Gasteiger partial charge in [-0.1, -0.05) is 23.2 Å². The molecule has 66 valence electrons. The highest BCUT2D eigenvalue weighted by Gasteiger charge is 2.05. The van der Waals surface area contributed by atoms with Gasteiger partial charge < -0.3 is 5.73 Å². The molecule has 0 aliphatic heterocycles. The van der Waals surface area contributed by atoms with E-state index in [2.05, 4.69) is 9.97 Å². The Hall–Kier alpha value is -1.06. The Morgan fingerprint density at radius 2 is 1.92 bits per heavy atom. The second-order valence-corrected chi connectivity index (χ2v) is 3.39. The van der Waals surface area contributed by atoms with Gasteiger partial charge in [-0.05, 0) is 12.1 Å². The van der Waals surface area contributed by atoms with E-state index >= 15 is 0 Å². The van der Waals surface area contributed by atoms with Gasteiger partial charge in [0, 0.05) is 10.4 Å². The Bertz CT molecular complexity index is 470. The van der Waals surface area contributed by atoms with Crippen LogP contribution in [0.3, 0.4) is 0 Å². The number of benzene rings is 1. The number of anilines is 1. The number of hydrogen-bond acceptors (Lipinski definition) is 3. The highest BCUT2D eigenvalue weighted by Crippen LogP contribution is 2.28. The first-order valence-corrected chi connectivity index (χ1v) is 4.29. The van der Waals surface area contributed by atoms with Crippen molar-refractivity contribution in [2.24, 2.45) is 0 Å². The van der Waals surface area contributed by atoms with Crippen molar-refractivity contribution in [2.75, 3.05) is 5.73 Å². The lowest BCUT2D eigenvalue weighted by Gasteiger charge is -2.01. The number of nitrogen functional groups attached to an aromatic ring is 1. The van der Waals surface area contributed by atoms with Crippen LogP contribution in [0.15, 0.2) is 18.5 Å². The van der Waals surface area contributed by atoms with Crippen LogP contribution < -0.4 is 5.73 Å². The number of aromatic nitrogens is 2. The molecule has 0 spiro atoms. The molecule has 1 aromatic heterocycles. The summed E-state index contributed by atoms with van der Waals surface area (Å²) in [5.41, 5.74) is 6.25. The van der Waals surface area contributed by atoms with Crippen LogP contribution in [-0.4, -0.2) is 9.97 Å². The molecule has 0 unspecified atom stereocenters. The van der Waals surface area contributed by atoms with Gasteiger partial charge in [0.25, 0.3) is 0 Å².